The Morgan fingerprint density at radius 2 is 1.96 bits per heavy atom. The maximum atomic E-state index is 11.4. The van der Waals surface area contributed by atoms with Crippen molar-refractivity contribution in [3.05, 3.63) is 36.4 Å². The van der Waals surface area contributed by atoms with E-state index in [0.29, 0.717) is 0 Å². The third-order valence-corrected chi connectivity index (χ3v) is 5.85. The Kier molecular flexibility index (Phi) is 10.9. The number of allylic oxidation sites excluding steroid dienone is 1. The summed E-state index contributed by atoms with van der Waals surface area (Å²) in [6, 6.07) is 5.84. The van der Waals surface area contributed by atoms with Crippen molar-refractivity contribution < 1.29 is 41.3 Å². The molecule has 0 heterocycles. The molecule has 0 bridgehead atoms. The molecule has 5 N–H and O–H groups in total. The number of benzene rings is 1. The molecule has 25 heavy (non-hydrogen) atoms. The number of hydrogen-bond acceptors (Lipinski definition) is 7. The van der Waals surface area contributed by atoms with Crippen molar-refractivity contribution in [3.8, 4) is 0 Å². The zero-order valence-electron chi connectivity index (χ0n) is 13.1. The van der Waals surface area contributed by atoms with Crippen LogP contribution < -0.4 is 9.67 Å². The third kappa shape index (κ3) is 9.93. The van der Waals surface area contributed by atoms with Crippen LogP contribution in [-0.4, -0.2) is 58.1 Å². The molecular formula is C13H18AsNO9P+. The van der Waals surface area contributed by atoms with Crippen LogP contribution in [0.25, 0.3) is 0 Å². The quantitative estimate of drug-likeness (QED) is 0.130. The number of carbonyl (C=O) groups excluding carboxylic acids is 1. The molecule has 2 atom stereocenters. The molecule has 0 saturated heterocycles. The molecule has 10 nitrogen and oxygen atoms in total. The van der Waals surface area contributed by atoms with E-state index in [0.717, 1.165) is 6.08 Å². The first-order valence-corrected chi connectivity index (χ1v) is 11.5. The first kappa shape index (κ1) is 23.2. The fourth-order valence-electron chi connectivity index (χ4n) is 1.39. The Morgan fingerprint density at radius 3 is 2.44 bits per heavy atom. The van der Waals surface area contributed by atoms with E-state index < -0.39 is 27.9 Å². The van der Waals surface area contributed by atoms with E-state index in [-0.39, 0.29) is 28.5 Å². The van der Waals surface area contributed by atoms with Crippen LogP contribution in [0.15, 0.2) is 36.4 Å². The van der Waals surface area contributed by atoms with Crippen LogP contribution in [0.4, 0.5) is 5.69 Å². The number of amides is 1. The van der Waals surface area contributed by atoms with E-state index in [1.807, 2.05) is 0 Å². The summed E-state index contributed by atoms with van der Waals surface area (Å²) >= 11 is -4.92. The van der Waals surface area contributed by atoms with Crippen molar-refractivity contribution in [2.75, 3.05) is 17.8 Å². The zero-order valence-corrected chi connectivity index (χ0v) is 15.9. The van der Waals surface area contributed by atoms with Gasteiger partial charge in [-0.15, -0.1) is 0 Å². The molecule has 0 aliphatic heterocycles. The van der Waals surface area contributed by atoms with Gasteiger partial charge >= 0.3 is 102 Å². The number of aliphatic carboxylic acids is 1. The Balaban J connectivity index is 0.000000504. The predicted molar refractivity (Wildman–Crippen MR) is 89.1 cm³/mol. The summed E-state index contributed by atoms with van der Waals surface area (Å²) in [7, 11) is -1.65. The molecule has 0 fully saturated rings. The molecule has 0 aliphatic rings. The molecule has 0 saturated carbocycles. The summed E-state index contributed by atoms with van der Waals surface area (Å²) in [6.45, 7) is 1.27. The fourth-order valence-corrected chi connectivity index (χ4v) is 3.52. The second-order valence-corrected chi connectivity index (χ2v) is 9.50. The first-order valence-electron chi connectivity index (χ1n) is 6.59. The maximum absolute atomic E-state index is 11.4. The molecule has 12 heteroatoms. The van der Waals surface area contributed by atoms with Crippen LogP contribution in [0.2, 0.25) is 0 Å². The normalized spacial score (nSPS) is 13.4. The molecule has 1 aromatic rings. The average molecular weight is 438 g/mol. The van der Waals surface area contributed by atoms with Gasteiger partial charge in [0, 0.05) is 6.08 Å². The fraction of sp³-hybridized carbons (Fsp3) is 0.231. The molecule has 1 amide bonds. The van der Waals surface area contributed by atoms with E-state index in [4.69, 9.17) is 15.5 Å². The number of hydrogen-bond donors (Lipinski definition) is 5. The van der Waals surface area contributed by atoms with E-state index in [2.05, 4.69) is 9.19 Å². The summed E-state index contributed by atoms with van der Waals surface area (Å²) in [5.74, 6) is -1.45. The summed E-state index contributed by atoms with van der Waals surface area (Å²) < 4.78 is 34.6. The number of anilines is 1. The van der Waals surface area contributed by atoms with Crippen LogP contribution in [0.1, 0.15) is 6.92 Å². The van der Waals surface area contributed by atoms with Crippen LogP contribution in [0.3, 0.4) is 0 Å². The van der Waals surface area contributed by atoms with E-state index in [9.17, 15) is 22.0 Å². The number of carboxylic acids is 1. The maximum Gasteiger partial charge on any atom is 0.370 e. The van der Waals surface area contributed by atoms with Gasteiger partial charge in [0.05, 0.1) is 0 Å². The monoisotopic (exact) mass is 438 g/mol. The number of aliphatic hydroxyl groups excluding tert-OH is 1. The molecule has 0 aliphatic carbocycles. The number of carbonyl (C=O) groups is 2. The molecule has 0 spiro atoms. The Labute approximate surface area is 146 Å². The van der Waals surface area contributed by atoms with Gasteiger partial charge in [-0.05, 0) is 6.08 Å². The molecule has 0 aromatic heterocycles. The van der Waals surface area contributed by atoms with E-state index >= 15 is 0 Å². The van der Waals surface area contributed by atoms with Crippen LogP contribution in [0, 0.1) is 0 Å². The van der Waals surface area contributed by atoms with Crippen molar-refractivity contribution in [1.29, 1.82) is 0 Å². The van der Waals surface area contributed by atoms with Gasteiger partial charge in [-0.2, -0.15) is 0 Å². The standard InChI is InChI=1S/C8H10AsNO5.C5H7O4P/c1-6(11)10-8-5-3-2-4-7(8)9(12,13)15-14;6-4-10(9)3-1-2-5(7)8/h2-5,14H,1H3,(H,10,11)(H,12,13);1-2,6H,3-4H2/p+1. The van der Waals surface area contributed by atoms with Crippen LogP contribution in [0.5, 0.6) is 0 Å². The minimum atomic E-state index is -4.92. The SMILES string of the molecule is CC(=O)Nc1ccccc1[As](=O)(O)OO.O=C(O)C=CC[P+](=O)CO. The van der Waals surface area contributed by atoms with E-state index in [1.165, 1.54) is 31.2 Å². The molecule has 138 valence electrons. The van der Waals surface area contributed by atoms with Gasteiger partial charge in [-0.3, -0.25) is 0 Å². The summed E-state index contributed by atoms with van der Waals surface area (Å²) in [5.41, 5.74) is 0.157. The van der Waals surface area contributed by atoms with Crippen molar-refractivity contribution >= 4 is 43.9 Å². The third-order valence-electron chi connectivity index (χ3n) is 2.36. The average Bonchev–Trinajstić information content (AvgIpc) is 2.54. The van der Waals surface area contributed by atoms with Gasteiger partial charge in [0.25, 0.3) is 0 Å². The largest absolute Gasteiger partial charge is 0.478 e. The molecule has 0 radical (unpaired) electrons. The van der Waals surface area contributed by atoms with Gasteiger partial charge in [0.1, 0.15) is 0 Å². The van der Waals surface area contributed by atoms with Crippen molar-refractivity contribution in [1.82, 2.24) is 0 Å². The second kappa shape index (κ2) is 11.7. The van der Waals surface area contributed by atoms with Gasteiger partial charge in [-0.25, -0.2) is 4.79 Å². The number of nitrogens with one attached hydrogen (secondary N) is 1. The van der Waals surface area contributed by atoms with Crippen LogP contribution >= 0.6 is 7.80 Å². The van der Waals surface area contributed by atoms with Crippen LogP contribution in [-0.2, 0) is 21.8 Å². The Morgan fingerprint density at radius 1 is 1.36 bits per heavy atom. The summed E-state index contributed by atoms with van der Waals surface area (Å²) in [5, 5.41) is 27.0. The summed E-state index contributed by atoms with van der Waals surface area (Å²) in [4.78, 5) is 20.6. The van der Waals surface area contributed by atoms with Crippen molar-refractivity contribution in [2.24, 2.45) is 0 Å². The predicted octanol–water partition coefficient (Wildman–Crippen LogP) is 0.108. The second-order valence-electron chi connectivity index (χ2n) is 4.35. The minimum absolute atomic E-state index is 0.103. The first-order chi connectivity index (χ1) is 11.6. The van der Waals surface area contributed by atoms with Gasteiger partial charge < -0.3 is 10.2 Å². The molecular weight excluding hydrogens is 420 g/mol. The molecule has 2 unspecified atom stereocenters. The van der Waals surface area contributed by atoms with E-state index in [1.54, 1.807) is 6.07 Å². The number of aliphatic hydroxyl groups is 1. The smallest absolute Gasteiger partial charge is 0.370 e. The van der Waals surface area contributed by atoms with Gasteiger partial charge in [0.15, 0.2) is 6.16 Å². The Bertz CT molecular complexity index is 692. The molecule has 1 rings (SSSR count). The Hall–Kier alpha value is -1.80. The number of para-hydroxylation sites is 1. The molecule has 1 aromatic carbocycles. The summed E-state index contributed by atoms with van der Waals surface area (Å²) in [6.07, 6.45) is 1.90. The number of rotatable bonds is 7. The van der Waals surface area contributed by atoms with Crippen molar-refractivity contribution in [2.45, 2.75) is 6.92 Å². The number of carboxylic acid groups (broad SMARTS) is 1. The zero-order chi connectivity index (χ0) is 19.5. The minimum Gasteiger partial charge on any atom is -0.478 e. The van der Waals surface area contributed by atoms with Crippen molar-refractivity contribution in [3.63, 3.8) is 0 Å². The van der Waals surface area contributed by atoms with Gasteiger partial charge in [-0.1, -0.05) is 4.57 Å². The van der Waals surface area contributed by atoms with Gasteiger partial charge in [0.2, 0.25) is 6.35 Å². The topological polar surface area (TPSA) is 170 Å².